The number of carbonyl (C=O) groups is 1. The van der Waals surface area contributed by atoms with Crippen molar-refractivity contribution in [2.24, 2.45) is 0 Å². The Morgan fingerprint density at radius 2 is 2.03 bits per heavy atom. The van der Waals surface area contributed by atoms with Gasteiger partial charge < -0.3 is 10.3 Å². The van der Waals surface area contributed by atoms with E-state index in [0.29, 0.717) is 28.2 Å². The number of fused-ring (bicyclic) bond motifs is 2. The molecule has 0 spiro atoms. The van der Waals surface area contributed by atoms with Crippen molar-refractivity contribution < 1.29 is 4.79 Å². The number of para-hydroxylation sites is 2. The van der Waals surface area contributed by atoms with Gasteiger partial charge in [-0.25, -0.2) is 19.2 Å². The van der Waals surface area contributed by atoms with Crippen LogP contribution in [0.25, 0.3) is 22.5 Å². The molecule has 0 radical (unpaired) electrons. The molecule has 11 heteroatoms. The highest BCUT2D eigenvalue weighted by Crippen LogP contribution is 2.22. The number of rotatable bonds is 3. The fraction of sp³-hybridized carbons (Fsp3) is 0.0556. The number of carbonyl (C=O) groups excluding carboxylic acids is 1. The Labute approximate surface area is 162 Å². The summed E-state index contributed by atoms with van der Waals surface area (Å²) in [7, 11) is 0. The van der Waals surface area contributed by atoms with Crippen LogP contribution in [0.1, 0.15) is 16.3 Å². The zero-order valence-electron chi connectivity index (χ0n) is 15.1. The Morgan fingerprint density at radius 3 is 2.90 bits per heavy atom. The zero-order valence-corrected chi connectivity index (χ0v) is 15.1. The van der Waals surface area contributed by atoms with E-state index in [4.69, 9.17) is 0 Å². The molecule has 0 atom stereocenters. The fourth-order valence-electron chi connectivity index (χ4n) is 2.98. The summed E-state index contributed by atoms with van der Waals surface area (Å²) < 4.78 is 2.99. The monoisotopic (exact) mass is 387 g/mol. The predicted octanol–water partition coefficient (Wildman–Crippen LogP) is 1.11. The van der Waals surface area contributed by atoms with E-state index in [1.807, 2.05) is 6.92 Å². The van der Waals surface area contributed by atoms with Gasteiger partial charge >= 0.3 is 0 Å². The molecular weight excluding hydrogens is 374 g/mol. The number of hydrogen-bond donors (Lipinski definition) is 2. The molecule has 4 heterocycles. The minimum Gasteiger partial charge on any atom is -0.317 e. The first-order chi connectivity index (χ1) is 14.1. The Bertz CT molecular complexity index is 1450. The maximum atomic E-state index is 12.8. The summed E-state index contributed by atoms with van der Waals surface area (Å²) in [6.07, 6.45) is 4.34. The zero-order chi connectivity index (χ0) is 20.0. The third kappa shape index (κ3) is 2.72. The van der Waals surface area contributed by atoms with Crippen molar-refractivity contribution in [1.29, 1.82) is 0 Å². The molecule has 0 saturated carbocycles. The third-order valence-corrected chi connectivity index (χ3v) is 4.38. The molecule has 1 aromatic carbocycles. The van der Waals surface area contributed by atoms with Crippen molar-refractivity contribution in [3.63, 3.8) is 0 Å². The van der Waals surface area contributed by atoms with Crippen LogP contribution in [0.15, 0.2) is 53.8 Å². The minimum atomic E-state index is -0.496. The Morgan fingerprint density at radius 1 is 1.17 bits per heavy atom. The van der Waals surface area contributed by atoms with Crippen LogP contribution in [-0.4, -0.2) is 45.2 Å². The maximum Gasteiger partial charge on any atom is 0.295 e. The van der Waals surface area contributed by atoms with E-state index in [1.165, 1.54) is 21.7 Å². The second-order valence-corrected chi connectivity index (χ2v) is 6.23. The smallest absolute Gasteiger partial charge is 0.295 e. The average Bonchev–Trinajstić information content (AvgIpc) is 3.34. The van der Waals surface area contributed by atoms with Crippen molar-refractivity contribution >= 4 is 28.4 Å². The number of aromatic nitrogens is 8. The van der Waals surface area contributed by atoms with Crippen molar-refractivity contribution in [3.05, 3.63) is 70.9 Å². The summed E-state index contributed by atoms with van der Waals surface area (Å²) in [5, 5.41) is 11.6. The number of aryl methyl sites for hydroxylation is 1. The van der Waals surface area contributed by atoms with E-state index < -0.39 is 5.91 Å². The lowest BCUT2D eigenvalue weighted by atomic mass is 10.2. The topological polar surface area (TPSA) is 136 Å². The molecular formula is C18H13N9O2. The molecule has 0 aliphatic rings. The van der Waals surface area contributed by atoms with Gasteiger partial charge in [0.2, 0.25) is 5.82 Å². The van der Waals surface area contributed by atoms with Gasteiger partial charge in [-0.2, -0.15) is 10.1 Å². The van der Waals surface area contributed by atoms with Crippen LogP contribution in [0.2, 0.25) is 0 Å². The Hall–Kier alpha value is -4.41. The summed E-state index contributed by atoms with van der Waals surface area (Å²) in [5.74, 6) is -0.170. The number of H-pyrrole nitrogens is 1. The minimum absolute atomic E-state index is 0.0125. The predicted molar refractivity (Wildman–Crippen MR) is 103 cm³/mol. The van der Waals surface area contributed by atoms with Gasteiger partial charge in [-0.1, -0.05) is 12.1 Å². The molecule has 4 aromatic heterocycles. The molecule has 0 aliphatic heterocycles. The number of nitrogens with zero attached hydrogens (tertiary/aromatic N) is 7. The van der Waals surface area contributed by atoms with Crippen molar-refractivity contribution in [2.45, 2.75) is 6.92 Å². The van der Waals surface area contributed by atoms with E-state index in [2.05, 4.69) is 35.5 Å². The van der Waals surface area contributed by atoms with Crippen LogP contribution in [0.4, 0.5) is 5.69 Å². The van der Waals surface area contributed by atoms with Gasteiger partial charge in [-0.15, -0.1) is 5.10 Å². The third-order valence-electron chi connectivity index (χ3n) is 4.38. The van der Waals surface area contributed by atoms with E-state index in [0.717, 1.165) is 5.69 Å². The Balaban J connectivity index is 1.55. The van der Waals surface area contributed by atoms with Crippen LogP contribution in [0.3, 0.4) is 0 Å². The van der Waals surface area contributed by atoms with Crippen LogP contribution in [0, 0.1) is 6.92 Å². The number of anilines is 1. The largest absolute Gasteiger partial charge is 0.317 e. The molecule has 5 aromatic rings. The SMILES string of the molecule is Cc1ccnc2nc(C(=O)Nc3ccccc3-n3ncc4c(=O)[nH]cnc43)nn12. The first-order valence-electron chi connectivity index (χ1n) is 8.62. The van der Waals surface area contributed by atoms with Gasteiger partial charge in [0.25, 0.3) is 17.2 Å². The van der Waals surface area contributed by atoms with Crippen molar-refractivity contribution in [2.75, 3.05) is 5.32 Å². The maximum absolute atomic E-state index is 12.8. The highest BCUT2D eigenvalue weighted by atomic mass is 16.2. The highest BCUT2D eigenvalue weighted by Gasteiger charge is 2.18. The molecule has 0 unspecified atom stereocenters. The number of hydrogen-bond acceptors (Lipinski definition) is 7. The molecule has 2 N–H and O–H groups in total. The lowest BCUT2D eigenvalue weighted by Crippen LogP contribution is -2.16. The summed E-state index contributed by atoms with van der Waals surface area (Å²) in [4.78, 5) is 39.7. The number of amides is 1. The summed E-state index contributed by atoms with van der Waals surface area (Å²) >= 11 is 0. The summed E-state index contributed by atoms with van der Waals surface area (Å²) in [6, 6.07) is 8.81. The van der Waals surface area contributed by atoms with Gasteiger partial charge in [-0.05, 0) is 25.1 Å². The average molecular weight is 387 g/mol. The number of benzene rings is 1. The van der Waals surface area contributed by atoms with Crippen molar-refractivity contribution in [3.8, 4) is 5.69 Å². The molecule has 29 heavy (non-hydrogen) atoms. The summed E-state index contributed by atoms with van der Waals surface area (Å²) in [5.41, 5.74) is 1.90. The molecule has 1 amide bonds. The molecule has 11 nitrogen and oxygen atoms in total. The quantitative estimate of drug-likeness (QED) is 0.473. The van der Waals surface area contributed by atoms with E-state index in [-0.39, 0.29) is 11.4 Å². The summed E-state index contributed by atoms with van der Waals surface area (Å²) in [6.45, 7) is 1.85. The van der Waals surface area contributed by atoms with Gasteiger partial charge in [0.05, 0.1) is 23.9 Å². The molecule has 0 saturated heterocycles. The normalized spacial score (nSPS) is 11.2. The van der Waals surface area contributed by atoms with Crippen LogP contribution >= 0.6 is 0 Å². The second-order valence-electron chi connectivity index (χ2n) is 6.23. The standard InChI is InChI=1S/C18H13N9O2/c1-10-6-7-19-18-24-14(25-26(10)18)17(29)23-12-4-2-3-5-13(12)27-15-11(8-22-27)16(28)21-9-20-15/h2-9H,1H3,(H,23,29)(H,20,21,28). The first-order valence-corrected chi connectivity index (χ1v) is 8.62. The van der Waals surface area contributed by atoms with Gasteiger partial charge in [0.1, 0.15) is 5.39 Å². The Kier molecular flexibility index (Phi) is 3.66. The molecule has 0 aliphatic carbocycles. The lowest BCUT2D eigenvalue weighted by molar-refractivity contribution is 0.101. The van der Waals surface area contributed by atoms with Crippen LogP contribution in [0.5, 0.6) is 0 Å². The lowest BCUT2D eigenvalue weighted by Gasteiger charge is -2.10. The van der Waals surface area contributed by atoms with Crippen LogP contribution < -0.4 is 10.9 Å². The fourth-order valence-corrected chi connectivity index (χ4v) is 2.98. The van der Waals surface area contributed by atoms with E-state index in [9.17, 15) is 9.59 Å². The molecule has 142 valence electrons. The first kappa shape index (κ1) is 16.7. The molecule has 5 rings (SSSR count). The van der Waals surface area contributed by atoms with Gasteiger partial charge in [-0.3, -0.25) is 9.59 Å². The number of nitrogens with one attached hydrogen (secondary N) is 2. The number of aromatic amines is 1. The highest BCUT2D eigenvalue weighted by molar-refractivity contribution is 6.03. The molecule has 0 fully saturated rings. The van der Waals surface area contributed by atoms with E-state index in [1.54, 1.807) is 36.5 Å². The van der Waals surface area contributed by atoms with Crippen molar-refractivity contribution in [1.82, 2.24) is 39.3 Å². The second kappa shape index (κ2) is 6.34. The molecule has 0 bridgehead atoms. The van der Waals surface area contributed by atoms with Gasteiger partial charge in [0.15, 0.2) is 5.65 Å². The van der Waals surface area contributed by atoms with E-state index >= 15 is 0 Å². The van der Waals surface area contributed by atoms with Gasteiger partial charge in [0, 0.05) is 11.9 Å². The van der Waals surface area contributed by atoms with Crippen LogP contribution in [-0.2, 0) is 0 Å².